The van der Waals surface area contributed by atoms with Crippen LogP contribution in [0.1, 0.15) is 32.7 Å². The van der Waals surface area contributed by atoms with Crippen molar-refractivity contribution in [3.63, 3.8) is 0 Å². The van der Waals surface area contributed by atoms with Gasteiger partial charge in [-0.3, -0.25) is 9.59 Å². The Balaban J connectivity index is 2.19. The van der Waals surface area contributed by atoms with Crippen LogP contribution in [0.4, 0.5) is 0 Å². The Kier molecular flexibility index (Phi) is 3.10. The molecule has 1 aliphatic carbocycles. The minimum Gasteiger partial charge on any atom is -0.285 e. The van der Waals surface area contributed by atoms with Gasteiger partial charge in [0.25, 0.3) is 0 Å². The largest absolute Gasteiger partial charge is 0.285 e. The lowest BCUT2D eigenvalue weighted by atomic mass is 9.83. The van der Waals surface area contributed by atoms with Crippen molar-refractivity contribution in [3.05, 3.63) is 59.2 Å². The molecule has 0 atom stereocenters. The quantitative estimate of drug-likeness (QED) is 0.546. The van der Waals surface area contributed by atoms with Gasteiger partial charge >= 0.3 is 0 Å². The van der Waals surface area contributed by atoms with Crippen molar-refractivity contribution in [3.8, 4) is 29.0 Å². The molecule has 98 valence electrons. The lowest BCUT2D eigenvalue weighted by Crippen LogP contribution is -2.21. The van der Waals surface area contributed by atoms with Gasteiger partial charge in [-0.05, 0) is 29.3 Å². The van der Waals surface area contributed by atoms with Gasteiger partial charge in [-0.1, -0.05) is 36.1 Å². The van der Waals surface area contributed by atoms with Crippen molar-refractivity contribution >= 4 is 11.6 Å². The van der Waals surface area contributed by atoms with E-state index in [0.29, 0.717) is 11.1 Å². The summed E-state index contributed by atoms with van der Waals surface area (Å²) in [6, 6.07) is 14.1. The first-order valence-corrected chi connectivity index (χ1v) is 6.40. The van der Waals surface area contributed by atoms with Crippen molar-refractivity contribution in [2.75, 3.05) is 0 Å². The fraction of sp³-hybridized carbons (Fsp3) is 0.0556. The first-order chi connectivity index (χ1) is 10.2. The Hall–Kier alpha value is -3.17. The Bertz CT molecular complexity index is 876. The smallest absolute Gasteiger partial charge is 0.234 e. The van der Waals surface area contributed by atoms with Crippen LogP contribution in [0.5, 0.6) is 0 Å². The number of nitrogens with zero attached hydrogens (tertiary/aromatic N) is 1. The molecule has 0 amide bonds. The van der Waals surface area contributed by atoms with Crippen molar-refractivity contribution in [1.82, 2.24) is 0 Å². The third-order valence-corrected chi connectivity index (χ3v) is 3.33. The van der Waals surface area contributed by atoms with Crippen LogP contribution < -0.4 is 0 Å². The zero-order valence-electron chi connectivity index (χ0n) is 11.0. The first-order valence-electron chi connectivity index (χ1n) is 6.40. The summed E-state index contributed by atoms with van der Waals surface area (Å²) in [7, 11) is 0. The Morgan fingerprint density at radius 2 is 1.52 bits per heavy atom. The molecule has 1 aliphatic rings. The van der Waals surface area contributed by atoms with Gasteiger partial charge in [0.1, 0.15) is 0 Å². The number of benzene rings is 2. The van der Waals surface area contributed by atoms with Gasteiger partial charge in [0.15, 0.2) is 0 Å². The molecule has 0 heterocycles. The predicted molar refractivity (Wildman–Crippen MR) is 77.6 cm³/mol. The SMILES string of the molecule is N#CCC#Cc1ccc2c(c1)-c1ccccc1C(=O)C2=O. The molecule has 0 N–H and O–H groups in total. The molecule has 3 rings (SSSR count). The maximum Gasteiger partial charge on any atom is 0.234 e. The van der Waals surface area contributed by atoms with Crippen molar-refractivity contribution in [2.45, 2.75) is 6.42 Å². The monoisotopic (exact) mass is 271 g/mol. The third kappa shape index (κ3) is 2.12. The zero-order chi connectivity index (χ0) is 14.8. The number of rotatable bonds is 0. The van der Waals surface area contributed by atoms with Gasteiger partial charge in [0, 0.05) is 16.7 Å². The molecule has 3 nitrogen and oxygen atoms in total. The number of hydrogen-bond donors (Lipinski definition) is 0. The van der Waals surface area contributed by atoms with Crippen molar-refractivity contribution in [1.29, 1.82) is 5.26 Å². The van der Waals surface area contributed by atoms with E-state index in [4.69, 9.17) is 5.26 Å². The van der Waals surface area contributed by atoms with Gasteiger partial charge in [-0.25, -0.2) is 0 Å². The van der Waals surface area contributed by atoms with Crippen LogP contribution in [0.3, 0.4) is 0 Å². The van der Waals surface area contributed by atoms with Crippen LogP contribution in [-0.2, 0) is 0 Å². The van der Waals surface area contributed by atoms with Gasteiger partial charge < -0.3 is 0 Å². The van der Waals surface area contributed by atoms with E-state index in [-0.39, 0.29) is 6.42 Å². The summed E-state index contributed by atoms with van der Waals surface area (Å²) in [5.41, 5.74) is 3.03. The zero-order valence-corrected chi connectivity index (χ0v) is 11.0. The highest BCUT2D eigenvalue weighted by atomic mass is 16.2. The standard InChI is InChI=1S/C18H9NO2/c19-10-4-3-5-12-8-9-15-16(11-12)13-6-1-2-7-14(13)17(20)18(15)21/h1-2,6-9,11H,4H2. The van der Waals surface area contributed by atoms with Gasteiger partial charge in [-0.15, -0.1) is 0 Å². The third-order valence-electron chi connectivity index (χ3n) is 3.33. The summed E-state index contributed by atoms with van der Waals surface area (Å²) in [6.07, 6.45) is 0.158. The molecule has 0 spiro atoms. The molecule has 2 aromatic carbocycles. The highest BCUT2D eigenvalue weighted by Gasteiger charge is 2.29. The summed E-state index contributed by atoms with van der Waals surface area (Å²) >= 11 is 0. The molecular weight excluding hydrogens is 262 g/mol. The highest BCUT2D eigenvalue weighted by Crippen LogP contribution is 2.33. The molecule has 0 radical (unpaired) electrons. The fourth-order valence-electron chi connectivity index (χ4n) is 2.39. The van der Waals surface area contributed by atoms with Gasteiger partial charge in [0.05, 0.1) is 12.5 Å². The average molecular weight is 271 g/mol. The number of Topliss-reactive ketones (excluding diaryl/α,β-unsaturated/α-hetero) is 2. The van der Waals surface area contributed by atoms with E-state index in [9.17, 15) is 9.59 Å². The number of nitriles is 1. The van der Waals surface area contributed by atoms with E-state index in [1.54, 1.807) is 30.3 Å². The molecule has 21 heavy (non-hydrogen) atoms. The molecule has 0 saturated carbocycles. The number of carbonyl (C=O) groups excluding carboxylic acids is 2. The van der Waals surface area contributed by atoms with E-state index in [1.165, 1.54) is 0 Å². The Morgan fingerprint density at radius 1 is 0.857 bits per heavy atom. The summed E-state index contributed by atoms with van der Waals surface area (Å²) < 4.78 is 0. The Labute approximate surface area is 121 Å². The average Bonchev–Trinajstić information content (AvgIpc) is 2.53. The van der Waals surface area contributed by atoms with Crippen LogP contribution in [0.2, 0.25) is 0 Å². The number of fused-ring (bicyclic) bond motifs is 3. The molecule has 0 aliphatic heterocycles. The molecule has 0 bridgehead atoms. The van der Waals surface area contributed by atoms with E-state index >= 15 is 0 Å². The number of hydrogen-bond acceptors (Lipinski definition) is 3. The Morgan fingerprint density at radius 3 is 2.24 bits per heavy atom. The lowest BCUT2D eigenvalue weighted by Gasteiger charge is -2.17. The summed E-state index contributed by atoms with van der Waals surface area (Å²) in [4.78, 5) is 24.2. The molecule has 0 aromatic heterocycles. The lowest BCUT2D eigenvalue weighted by molar-refractivity contribution is 0.0815. The molecule has 3 heteroatoms. The predicted octanol–water partition coefficient (Wildman–Crippen LogP) is 3.00. The molecule has 0 unspecified atom stereocenters. The molecule has 0 fully saturated rings. The second-order valence-corrected chi connectivity index (χ2v) is 4.60. The second-order valence-electron chi connectivity index (χ2n) is 4.60. The molecular formula is C18H9NO2. The van der Waals surface area contributed by atoms with Gasteiger partial charge in [0.2, 0.25) is 11.6 Å². The topological polar surface area (TPSA) is 57.9 Å². The second kappa shape index (κ2) is 5.07. The maximum absolute atomic E-state index is 12.1. The van der Waals surface area contributed by atoms with E-state index in [1.807, 2.05) is 18.2 Å². The van der Waals surface area contributed by atoms with E-state index < -0.39 is 11.6 Å². The van der Waals surface area contributed by atoms with Crippen molar-refractivity contribution in [2.24, 2.45) is 0 Å². The van der Waals surface area contributed by atoms with Crippen molar-refractivity contribution < 1.29 is 9.59 Å². The van der Waals surface area contributed by atoms with Crippen LogP contribution in [0.15, 0.2) is 42.5 Å². The van der Waals surface area contributed by atoms with Crippen LogP contribution in [0.25, 0.3) is 11.1 Å². The van der Waals surface area contributed by atoms with Gasteiger partial charge in [-0.2, -0.15) is 5.26 Å². The minimum atomic E-state index is -0.486. The summed E-state index contributed by atoms with van der Waals surface area (Å²) in [5.74, 6) is 4.67. The normalized spacial score (nSPS) is 11.8. The molecule has 0 saturated heterocycles. The fourth-order valence-corrected chi connectivity index (χ4v) is 2.39. The van der Waals surface area contributed by atoms with Crippen LogP contribution in [-0.4, -0.2) is 11.6 Å². The number of ketones is 2. The molecule has 2 aromatic rings. The summed E-state index contributed by atoms with van der Waals surface area (Å²) in [5, 5.41) is 8.50. The van der Waals surface area contributed by atoms with E-state index in [2.05, 4.69) is 11.8 Å². The van der Waals surface area contributed by atoms with E-state index in [0.717, 1.165) is 16.7 Å². The first kappa shape index (κ1) is 12.8. The minimum absolute atomic E-state index is 0.158. The van der Waals surface area contributed by atoms with Crippen LogP contribution >= 0.6 is 0 Å². The maximum atomic E-state index is 12.1. The highest BCUT2D eigenvalue weighted by molar-refractivity contribution is 6.53. The summed E-state index contributed by atoms with van der Waals surface area (Å²) in [6.45, 7) is 0. The number of carbonyl (C=O) groups is 2. The van der Waals surface area contributed by atoms with Crippen LogP contribution in [0, 0.1) is 23.2 Å².